The fraction of sp³-hybridized carbons (Fsp3) is 0.0556. The number of carbonyl (C=O) groups is 1. The summed E-state index contributed by atoms with van der Waals surface area (Å²) in [6, 6.07) is 12.8. The molecule has 0 aliphatic carbocycles. The molecule has 134 valence electrons. The Balaban J connectivity index is 1.83. The number of anilines is 1. The zero-order valence-corrected chi connectivity index (χ0v) is 14.9. The highest BCUT2D eigenvalue weighted by molar-refractivity contribution is 7.90. The molecule has 0 saturated carbocycles. The Hall–Kier alpha value is -2.64. The highest BCUT2D eigenvalue weighted by Gasteiger charge is 2.23. The van der Waals surface area contributed by atoms with Gasteiger partial charge in [0.05, 0.1) is 27.6 Å². The van der Waals surface area contributed by atoms with Gasteiger partial charge in [-0.3, -0.25) is 4.79 Å². The quantitative estimate of drug-likeness (QED) is 0.701. The molecule has 0 aliphatic rings. The maximum Gasteiger partial charge on any atom is 0.291 e. The van der Waals surface area contributed by atoms with E-state index in [0.29, 0.717) is 0 Å². The molecule has 0 saturated heterocycles. The van der Waals surface area contributed by atoms with Gasteiger partial charge in [-0.15, -0.1) is 0 Å². The van der Waals surface area contributed by atoms with Gasteiger partial charge in [0.25, 0.3) is 5.91 Å². The fourth-order valence-electron chi connectivity index (χ4n) is 2.33. The lowest BCUT2D eigenvalue weighted by Gasteiger charge is -2.08. The highest BCUT2D eigenvalue weighted by atomic mass is 35.5. The van der Waals surface area contributed by atoms with E-state index in [2.05, 4.69) is 5.32 Å². The summed E-state index contributed by atoms with van der Waals surface area (Å²) in [5, 5.41) is 2.50. The van der Waals surface area contributed by atoms with Crippen LogP contribution < -0.4 is 5.32 Å². The van der Waals surface area contributed by atoms with Gasteiger partial charge in [0.15, 0.2) is 15.6 Å². The summed E-state index contributed by atoms with van der Waals surface area (Å²) in [5.74, 6) is -1.76. The van der Waals surface area contributed by atoms with E-state index in [9.17, 15) is 17.6 Å². The van der Waals surface area contributed by atoms with E-state index >= 15 is 0 Å². The number of halogens is 2. The van der Waals surface area contributed by atoms with E-state index in [1.807, 2.05) is 0 Å². The number of nitrogens with one attached hydrogen (secondary N) is 1. The van der Waals surface area contributed by atoms with Crippen molar-refractivity contribution in [3.05, 3.63) is 83.0 Å². The minimum absolute atomic E-state index is 0.0170. The van der Waals surface area contributed by atoms with Gasteiger partial charge in [0.1, 0.15) is 5.82 Å². The molecule has 2 aromatic carbocycles. The van der Waals surface area contributed by atoms with Crippen molar-refractivity contribution in [3.63, 3.8) is 0 Å². The first-order chi connectivity index (χ1) is 12.4. The Bertz CT molecular complexity index is 1050. The molecular weight excluding hydrogens is 381 g/mol. The third-order valence-electron chi connectivity index (χ3n) is 3.58. The lowest BCUT2D eigenvalue weighted by atomic mass is 10.2. The van der Waals surface area contributed by atoms with Crippen molar-refractivity contribution in [1.29, 1.82) is 0 Å². The topological polar surface area (TPSA) is 76.4 Å². The van der Waals surface area contributed by atoms with Crippen molar-refractivity contribution in [2.24, 2.45) is 0 Å². The van der Waals surface area contributed by atoms with Crippen molar-refractivity contribution in [2.45, 2.75) is 10.6 Å². The van der Waals surface area contributed by atoms with Crippen molar-refractivity contribution < 1.29 is 22.0 Å². The molecule has 0 unspecified atom stereocenters. The molecule has 0 aliphatic heterocycles. The van der Waals surface area contributed by atoms with Gasteiger partial charge in [-0.1, -0.05) is 29.8 Å². The molecule has 0 bridgehead atoms. The molecule has 1 heterocycles. The minimum atomic E-state index is -3.64. The molecule has 0 radical (unpaired) electrons. The zero-order chi connectivity index (χ0) is 18.7. The minimum Gasteiger partial charge on any atom is -0.459 e. The third-order valence-corrected chi connectivity index (χ3v) is 5.57. The van der Waals surface area contributed by atoms with E-state index < -0.39 is 27.3 Å². The molecule has 8 heteroatoms. The summed E-state index contributed by atoms with van der Waals surface area (Å²) in [4.78, 5) is 12.6. The van der Waals surface area contributed by atoms with Crippen LogP contribution in [0.15, 0.2) is 70.2 Å². The Morgan fingerprint density at radius 2 is 1.85 bits per heavy atom. The van der Waals surface area contributed by atoms with Crippen LogP contribution >= 0.6 is 11.6 Å². The molecule has 0 fully saturated rings. The molecule has 0 atom stereocenters. The van der Waals surface area contributed by atoms with Crippen LogP contribution in [0.25, 0.3) is 0 Å². The fourth-order valence-corrected chi connectivity index (χ4v) is 3.92. The van der Waals surface area contributed by atoms with Gasteiger partial charge in [-0.05, 0) is 36.4 Å². The normalized spacial score (nSPS) is 11.3. The van der Waals surface area contributed by atoms with Crippen LogP contribution in [0.2, 0.25) is 5.02 Å². The van der Waals surface area contributed by atoms with Gasteiger partial charge >= 0.3 is 0 Å². The standard InChI is InChI=1S/C18H13ClFNO4S/c19-15-10-13(20)6-7-16(15)21-18(22)17-12(8-9-25-17)11-26(23,24)14-4-2-1-3-5-14/h1-10H,11H2,(H,21,22). The van der Waals surface area contributed by atoms with Crippen molar-refractivity contribution in [1.82, 2.24) is 0 Å². The monoisotopic (exact) mass is 393 g/mol. The number of benzene rings is 2. The first kappa shape index (κ1) is 18.2. The lowest BCUT2D eigenvalue weighted by Crippen LogP contribution is -2.15. The smallest absolute Gasteiger partial charge is 0.291 e. The van der Waals surface area contributed by atoms with Gasteiger partial charge in [-0.2, -0.15) is 0 Å². The van der Waals surface area contributed by atoms with Crippen LogP contribution in [-0.4, -0.2) is 14.3 Å². The summed E-state index contributed by atoms with van der Waals surface area (Å²) in [5.41, 5.74) is 0.399. The van der Waals surface area contributed by atoms with Crippen molar-refractivity contribution >= 4 is 33.0 Å². The van der Waals surface area contributed by atoms with Crippen LogP contribution in [0, 0.1) is 5.82 Å². The summed E-state index contributed by atoms with van der Waals surface area (Å²) in [6.45, 7) is 0. The SMILES string of the molecule is O=C(Nc1ccc(F)cc1Cl)c1occc1CS(=O)(=O)c1ccccc1. The second kappa shape index (κ2) is 7.31. The highest BCUT2D eigenvalue weighted by Crippen LogP contribution is 2.25. The number of rotatable bonds is 5. The van der Waals surface area contributed by atoms with Gasteiger partial charge in [0, 0.05) is 5.56 Å². The maximum atomic E-state index is 13.1. The summed E-state index contributed by atoms with van der Waals surface area (Å²) < 4.78 is 43.2. The number of carbonyl (C=O) groups excluding carboxylic acids is 1. The summed E-state index contributed by atoms with van der Waals surface area (Å²) >= 11 is 5.88. The van der Waals surface area contributed by atoms with E-state index in [1.54, 1.807) is 18.2 Å². The molecule has 1 amide bonds. The molecule has 3 rings (SSSR count). The molecule has 1 N–H and O–H groups in total. The van der Waals surface area contributed by atoms with Gasteiger partial charge in [0.2, 0.25) is 0 Å². The molecule has 0 spiro atoms. The van der Waals surface area contributed by atoms with Crippen molar-refractivity contribution in [3.8, 4) is 0 Å². The molecule has 3 aromatic rings. The average molecular weight is 394 g/mol. The van der Waals surface area contributed by atoms with E-state index in [1.165, 1.54) is 30.5 Å². The van der Waals surface area contributed by atoms with Crippen LogP contribution in [0.5, 0.6) is 0 Å². The average Bonchev–Trinajstić information content (AvgIpc) is 3.05. The van der Waals surface area contributed by atoms with Crippen molar-refractivity contribution in [2.75, 3.05) is 5.32 Å². The lowest BCUT2D eigenvalue weighted by molar-refractivity contribution is 0.0995. The third kappa shape index (κ3) is 3.95. The second-order valence-corrected chi connectivity index (χ2v) is 7.82. The molecule has 5 nitrogen and oxygen atoms in total. The van der Waals surface area contributed by atoms with Crippen LogP contribution in [0.1, 0.15) is 16.1 Å². The molecule has 26 heavy (non-hydrogen) atoms. The Labute approximate surface area is 154 Å². The Kier molecular flexibility index (Phi) is 5.11. The molecule has 1 aromatic heterocycles. The Morgan fingerprint density at radius 1 is 1.12 bits per heavy atom. The number of hydrogen-bond donors (Lipinski definition) is 1. The van der Waals surface area contributed by atoms with Crippen LogP contribution in [0.4, 0.5) is 10.1 Å². The summed E-state index contributed by atoms with van der Waals surface area (Å²) in [7, 11) is -3.64. The first-order valence-corrected chi connectivity index (χ1v) is 9.50. The largest absolute Gasteiger partial charge is 0.459 e. The first-order valence-electron chi connectivity index (χ1n) is 7.47. The zero-order valence-electron chi connectivity index (χ0n) is 13.3. The number of furan rings is 1. The van der Waals surface area contributed by atoms with Gasteiger partial charge < -0.3 is 9.73 Å². The molecular formula is C18H13ClFNO4S. The van der Waals surface area contributed by atoms with E-state index in [-0.39, 0.29) is 26.9 Å². The summed E-state index contributed by atoms with van der Waals surface area (Å²) in [6.07, 6.45) is 1.23. The van der Waals surface area contributed by atoms with E-state index in [4.69, 9.17) is 16.0 Å². The van der Waals surface area contributed by atoms with Crippen LogP contribution in [0.3, 0.4) is 0 Å². The number of sulfone groups is 1. The maximum absolute atomic E-state index is 13.1. The number of amides is 1. The predicted octanol–water partition coefficient (Wildman–Crippen LogP) is 4.30. The second-order valence-electron chi connectivity index (χ2n) is 5.43. The van der Waals surface area contributed by atoms with Gasteiger partial charge in [-0.25, -0.2) is 12.8 Å². The van der Waals surface area contributed by atoms with Crippen LogP contribution in [-0.2, 0) is 15.6 Å². The Morgan fingerprint density at radius 3 is 2.54 bits per heavy atom. The van der Waals surface area contributed by atoms with E-state index in [0.717, 1.165) is 12.1 Å². The number of hydrogen-bond acceptors (Lipinski definition) is 4. The predicted molar refractivity (Wildman–Crippen MR) is 95.4 cm³/mol.